The van der Waals surface area contributed by atoms with Crippen LogP contribution < -0.4 is 5.73 Å². The molecule has 0 fully saturated rings. The number of aryl methyl sites for hydroxylation is 3. The lowest BCUT2D eigenvalue weighted by Gasteiger charge is -2.32. The number of carbonyl (C=O) groups is 1. The highest BCUT2D eigenvalue weighted by atomic mass is 16.2. The average molecular weight is 377 g/mol. The number of nitrogens with zero attached hydrogens (tertiary/aromatic N) is 6. The van der Waals surface area contributed by atoms with Crippen LogP contribution in [0.4, 0.5) is 5.95 Å². The molecule has 0 aliphatic carbocycles. The summed E-state index contributed by atoms with van der Waals surface area (Å²) in [5.41, 5.74) is 7.96. The standard InChI is InChI=1S/C20H23N7O/c1-13-10-16(23-20(21)22-13)19(28)26-11-14(2)27-17(24-25-18(27)12-26)9-8-15-6-4-3-5-7-15/h3-7,10,14H,8-9,11-12H2,1-2H3,(H2,21,22,23)/t14-/m0/s1. The molecule has 8 nitrogen and oxygen atoms in total. The Labute approximate surface area is 163 Å². The van der Waals surface area contributed by atoms with E-state index in [1.165, 1.54) is 5.56 Å². The molecular weight excluding hydrogens is 354 g/mol. The van der Waals surface area contributed by atoms with Gasteiger partial charge in [0.25, 0.3) is 5.91 Å². The first-order valence-electron chi connectivity index (χ1n) is 9.38. The summed E-state index contributed by atoms with van der Waals surface area (Å²) >= 11 is 0. The topological polar surface area (TPSA) is 103 Å². The van der Waals surface area contributed by atoms with E-state index < -0.39 is 0 Å². The summed E-state index contributed by atoms with van der Waals surface area (Å²) in [7, 11) is 0. The van der Waals surface area contributed by atoms with E-state index in [0.29, 0.717) is 24.5 Å². The van der Waals surface area contributed by atoms with E-state index in [1.54, 1.807) is 17.9 Å². The Morgan fingerprint density at radius 2 is 1.96 bits per heavy atom. The van der Waals surface area contributed by atoms with E-state index in [-0.39, 0.29) is 17.9 Å². The van der Waals surface area contributed by atoms with Crippen molar-refractivity contribution < 1.29 is 4.79 Å². The van der Waals surface area contributed by atoms with E-state index in [1.807, 2.05) is 18.2 Å². The van der Waals surface area contributed by atoms with Crippen molar-refractivity contribution in [2.45, 2.75) is 39.3 Å². The first kappa shape index (κ1) is 18.1. The van der Waals surface area contributed by atoms with Crippen molar-refractivity contribution in [1.82, 2.24) is 29.6 Å². The first-order chi connectivity index (χ1) is 13.5. The third kappa shape index (κ3) is 3.58. The van der Waals surface area contributed by atoms with Crippen LogP contribution >= 0.6 is 0 Å². The van der Waals surface area contributed by atoms with E-state index in [0.717, 1.165) is 24.5 Å². The highest BCUT2D eigenvalue weighted by Gasteiger charge is 2.30. The molecule has 0 saturated carbocycles. The maximum atomic E-state index is 12.9. The van der Waals surface area contributed by atoms with Crippen molar-refractivity contribution in [2.24, 2.45) is 0 Å². The second kappa shape index (κ2) is 7.38. The smallest absolute Gasteiger partial charge is 0.273 e. The van der Waals surface area contributed by atoms with Crippen molar-refractivity contribution in [3.05, 3.63) is 65.0 Å². The Bertz CT molecular complexity index is 979. The zero-order chi connectivity index (χ0) is 19.7. The third-order valence-corrected chi connectivity index (χ3v) is 4.95. The van der Waals surface area contributed by atoms with Crippen LogP contribution in [0.2, 0.25) is 0 Å². The van der Waals surface area contributed by atoms with E-state index in [9.17, 15) is 4.79 Å². The molecule has 144 valence electrons. The fraction of sp³-hybridized carbons (Fsp3) is 0.350. The second-order valence-electron chi connectivity index (χ2n) is 7.18. The number of carbonyl (C=O) groups excluding carboxylic acids is 1. The van der Waals surface area contributed by atoms with Crippen LogP contribution in [-0.2, 0) is 19.4 Å². The molecule has 0 saturated heterocycles. The largest absolute Gasteiger partial charge is 0.368 e. The molecule has 1 aromatic carbocycles. The number of anilines is 1. The van der Waals surface area contributed by atoms with E-state index in [4.69, 9.17) is 5.73 Å². The SMILES string of the molecule is Cc1cc(C(=O)N2Cc3nnc(CCc4ccccc4)n3[C@@H](C)C2)nc(N)n1. The highest BCUT2D eigenvalue weighted by molar-refractivity contribution is 5.92. The fourth-order valence-corrected chi connectivity index (χ4v) is 3.70. The Morgan fingerprint density at radius 3 is 2.71 bits per heavy atom. The van der Waals surface area contributed by atoms with Gasteiger partial charge in [0, 0.05) is 18.7 Å². The molecule has 28 heavy (non-hydrogen) atoms. The molecule has 1 aliphatic rings. The van der Waals surface area contributed by atoms with Gasteiger partial charge in [0.2, 0.25) is 5.95 Å². The number of amides is 1. The summed E-state index contributed by atoms with van der Waals surface area (Å²) in [6.07, 6.45) is 1.73. The lowest BCUT2D eigenvalue weighted by molar-refractivity contribution is 0.0673. The number of hydrogen-bond donors (Lipinski definition) is 1. The molecule has 2 aromatic heterocycles. The summed E-state index contributed by atoms with van der Waals surface area (Å²) < 4.78 is 2.16. The number of nitrogen functional groups attached to an aromatic ring is 1. The molecule has 1 amide bonds. The summed E-state index contributed by atoms with van der Waals surface area (Å²) in [4.78, 5) is 22.8. The molecule has 0 radical (unpaired) electrons. The number of fused-ring (bicyclic) bond motifs is 1. The molecule has 1 aliphatic heterocycles. The van der Waals surface area contributed by atoms with Gasteiger partial charge in [-0.05, 0) is 31.9 Å². The maximum absolute atomic E-state index is 12.9. The van der Waals surface area contributed by atoms with Gasteiger partial charge < -0.3 is 15.2 Å². The number of benzene rings is 1. The minimum atomic E-state index is -0.163. The number of aromatic nitrogens is 5. The third-order valence-electron chi connectivity index (χ3n) is 4.95. The zero-order valence-corrected chi connectivity index (χ0v) is 16.0. The lowest BCUT2D eigenvalue weighted by atomic mass is 10.1. The predicted octanol–water partition coefficient (Wildman–Crippen LogP) is 1.96. The molecule has 8 heteroatoms. The Kier molecular flexibility index (Phi) is 4.77. The molecule has 3 heterocycles. The molecule has 4 rings (SSSR count). The molecule has 2 N–H and O–H groups in total. The van der Waals surface area contributed by atoms with E-state index >= 15 is 0 Å². The van der Waals surface area contributed by atoms with E-state index in [2.05, 4.69) is 43.8 Å². The van der Waals surface area contributed by atoms with Crippen LogP contribution in [0.15, 0.2) is 36.4 Å². The Balaban J connectivity index is 1.51. The molecule has 1 atom stereocenters. The Morgan fingerprint density at radius 1 is 1.18 bits per heavy atom. The summed E-state index contributed by atoms with van der Waals surface area (Å²) in [5.74, 6) is 1.71. The normalized spacial score (nSPS) is 16.1. The fourth-order valence-electron chi connectivity index (χ4n) is 3.70. The van der Waals surface area contributed by atoms with Crippen LogP contribution in [0.25, 0.3) is 0 Å². The van der Waals surface area contributed by atoms with Crippen LogP contribution in [0.3, 0.4) is 0 Å². The molecule has 0 bridgehead atoms. The van der Waals surface area contributed by atoms with Gasteiger partial charge in [-0.15, -0.1) is 10.2 Å². The summed E-state index contributed by atoms with van der Waals surface area (Å²) in [6, 6.07) is 12.1. The van der Waals surface area contributed by atoms with Gasteiger partial charge in [-0.25, -0.2) is 9.97 Å². The van der Waals surface area contributed by atoms with Crippen LogP contribution in [0.5, 0.6) is 0 Å². The first-order valence-corrected chi connectivity index (χ1v) is 9.38. The monoisotopic (exact) mass is 377 g/mol. The van der Waals surface area contributed by atoms with Gasteiger partial charge in [-0.2, -0.15) is 0 Å². The van der Waals surface area contributed by atoms with Gasteiger partial charge in [-0.1, -0.05) is 30.3 Å². The van der Waals surface area contributed by atoms with Gasteiger partial charge in [0.05, 0.1) is 12.6 Å². The summed E-state index contributed by atoms with van der Waals surface area (Å²) in [6.45, 7) is 4.86. The molecule has 3 aromatic rings. The Hall–Kier alpha value is -3.29. The number of rotatable bonds is 4. The second-order valence-corrected chi connectivity index (χ2v) is 7.18. The van der Waals surface area contributed by atoms with Crippen molar-refractivity contribution >= 4 is 11.9 Å². The maximum Gasteiger partial charge on any atom is 0.273 e. The number of nitrogens with two attached hydrogens (primary N) is 1. The van der Waals surface area contributed by atoms with Gasteiger partial charge in [-0.3, -0.25) is 4.79 Å². The van der Waals surface area contributed by atoms with Gasteiger partial charge >= 0.3 is 0 Å². The van der Waals surface area contributed by atoms with Crippen LogP contribution in [-0.4, -0.2) is 42.1 Å². The summed E-state index contributed by atoms with van der Waals surface area (Å²) in [5, 5.41) is 8.73. The molecular formula is C20H23N7O. The quantitative estimate of drug-likeness (QED) is 0.745. The zero-order valence-electron chi connectivity index (χ0n) is 16.0. The van der Waals surface area contributed by atoms with Gasteiger partial charge in [0.15, 0.2) is 5.82 Å². The van der Waals surface area contributed by atoms with Crippen molar-refractivity contribution in [2.75, 3.05) is 12.3 Å². The van der Waals surface area contributed by atoms with Crippen molar-refractivity contribution in [1.29, 1.82) is 0 Å². The molecule has 0 spiro atoms. The van der Waals surface area contributed by atoms with Crippen LogP contribution in [0, 0.1) is 6.92 Å². The predicted molar refractivity (Wildman–Crippen MR) is 105 cm³/mol. The number of hydrogen-bond acceptors (Lipinski definition) is 6. The van der Waals surface area contributed by atoms with Gasteiger partial charge in [0.1, 0.15) is 11.5 Å². The van der Waals surface area contributed by atoms with Crippen molar-refractivity contribution in [3.63, 3.8) is 0 Å². The average Bonchev–Trinajstić information content (AvgIpc) is 3.09. The lowest BCUT2D eigenvalue weighted by Crippen LogP contribution is -2.41. The van der Waals surface area contributed by atoms with Crippen LogP contribution in [0.1, 0.15) is 46.4 Å². The minimum Gasteiger partial charge on any atom is -0.368 e. The van der Waals surface area contributed by atoms with Crippen molar-refractivity contribution in [3.8, 4) is 0 Å². The minimum absolute atomic E-state index is 0.0914. The molecule has 0 unspecified atom stereocenters. The highest BCUT2D eigenvalue weighted by Crippen LogP contribution is 2.23.